The molecule has 0 amide bonds. The van der Waals surface area contributed by atoms with Gasteiger partial charge in [0, 0.05) is 12.8 Å². The van der Waals surface area contributed by atoms with Gasteiger partial charge in [0.05, 0.1) is 13.2 Å². The van der Waals surface area contributed by atoms with Crippen LogP contribution in [0.15, 0.2) is 60.8 Å². The molecular formula is C45H76O10. The zero-order valence-electron chi connectivity index (χ0n) is 34.2. The lowest BCUT2D eigenvalue weighted by Crippen LogP contribution is -2.59. The molecule has 0 aromatic rings. The SMILES string of the molecule is CC/C=C/C=C/C=C/C=C/CCCCCCCC(=O)O[C@@H](COC(=O)CCCC/C=C/CCCCCCCCCCC)CO[C@H]1O[C@@H](CO)[C@@H](O)C(O)C1O. The van der Waals surface area contributed by atoms with Crippen molar-refractivity contribution in [2.45, 2.75) is 192 Å². The van der Waals surface area contributed by atoms with E-state index >= 15 is 0 Å². The van der Waals surface area contributed by atoms with Crippen molar-refractivity contribution in [2.24, 2.45) is 0 Å². The Morgan fingerprint density at radius 1 is 0.582 bits per heavy atom. The number of unbranched alkanes of at least 4 members (excludes halogenated alkanes) is 16. The fourth-order valence-electron chi connectivity index (χ4n) is 6.07. The predicted molar refractivity (Wildman–Crippen MR) is 219 cm³/mol. The lowest BCUT2D eigenvalue weighted by atomic mass is 9.99. The highest BCUT2D eigenvalue weighted by Gasteiger charge is 2.44. The first-order valence-corrected chi connectivity index (χ1v) is 21.4. The highest BCUT2D eigenvalue weighted by Crippen LogP contribution is 2.22. The van der Waals surface area contributed by atoms with Crippen molar-refractivity contribution >= 4 is 11.9 Å². The molecular weight excluding hydrogens is 700 g/mol. The van der Waals surface area contributed by atoms with Gasteiger partial charge in [-0.05, 0) is 57.8 Å². The van der Waals surface area contributed by atoms with Crippen LogP contribution in [0.1, 0.15) is 155 Å². The van der Waals surface area contributed by atoms with Gasteiger partial charge in [0.15, 0.2) is 12.4 Å². The van der Waals surface area contributed by atoms with Crippen LogP contribution in [0.25, 0.3) is 0 Å². The number of esters is 2. The number of ether oxygens (including phenoxy) is 4. The molecule has 1 heterocycles. The van der Waals surface area contributed by atoms with Crippen LogP contribution in [0.2, 0.25) is 0 Å². The standard InChI is InChI=1S/C45H76O10/c1-3-5-7-9-11-13-15-17-19-21-23-25-27-29-31-33-40(47)52-36-38(37-53-45-44(51)43(50)42(49)39(35-46)55-45)54-41(48)34-32-30-28-26-24-22-20-18-16-14-12-10-8-6-4-2/h6,8,10,12,14,16,18,20,23,25,38-39,42-46,49-51H,3-5,7,9,11,13,15,17,19,21-22,24,26-37H2,1-2H3/b8-6+,12-10+,16-14+,20-18+,25-23+/t38-,39-,42+,43?,44?,45-/m0/s1. The number of rotatable bonds is 34. The zero-order valence-corrected chi connectivity index (χ0v) is 34.2. The molecule has 316 valence electrons. The summed E-state index contributed by atoms with van der Waals surface area (Å²) in [6, 6.07) is 0. The fraction of sp³-hybridized carbons (Fsp3) is 0.733. The molecule has 1 fully saturated rings. The van der Waals surface area contributed by atoms with Crippen molar-refractivity contribution in [1.29, 1.82) is 0 Å². The molecule has 0 bridgehead atoms. The number of hydrogen-bond acceptors (Lipinski definition) is 10. The molecule has 4 N–H and O–H groups in total. The van der Waals surface area contributed by atoms with E-state index in [9.17, 15) is 30.0 Å². The van der Waals surface area contributed by atoms with Crippen LogP contribution in [0.4, 0.5) is 0 Å². The van der Waals surface area contributed by atoms with E-state index in [-0.39, 0.29) is 26.1 Å². The van der Waals surface area contributed by atoms with E-state index in [1.807, 2.05) is 30.4 Å². The lowest BCUT2D eigenvalue weighted by molar-refractivity contribution is -0.305. The summed E-state index contributed by atoms with van der Waals surface area (Å²) in [5, 5.41) is 40.0. The van der Waals surface area contributed by atoms with E-state index in [0.29, 0.717) is 12.8 Å². The van der Waals surface area contributed by atoms with Gasteiger partial charge < -0.3 is 39.4 Å². The Labute approximate surface area is 332 Å². The van der Waals surface area contributed by atoms with Crippen LogP contribution < -0.4 is 0 Å². The monoisotopic (exact) mass is 777 g/mol. The van der Waals surface area contributed by atoms with E-state index in [1.54, 1.807) is 0 Å². The maximum Gasteiger partial charge on any atom is 0.306 e. The summed E-state index contributed by atoms with van der Waals surface area (Å²) in [4.78, 5) is 25.3. The van der Waals surface area contributed by atoms with E-state index in [0.717, 1.165) is 57.8 Å². The molecule has 0 saturated carbocycles. The first-order valence-electron chi connectivity index (χ1n) is 21.4. The maximum atomic E-state index is 12.7. The summed E-state index contributed by atoms with van der Waals surface area (Å²) in [5.74, 6) is -0.864. The fourth-order valence-corrected chi connectivity index (χ4v) is 6.07. The zero-order chi connectivity index (χ0) is 40.2. The smallest absolute Gasteiger partial charge is 0.306 e. The predicted octanol–water partition coefficient (Wildman–Crippen LogP) is 8.66. The van der Waals surface area contributed by atoms with Crippen LogP contribution in [0.5, 0.6) is 0 Å². The van der Waals surface area contributed by atoms with Crippen LogP contribution in [0.3, 0.4) is 0 Å². The second kappa shape index (κ2) is 35.8. The van der Waals surface area contributed by atoms with Gasteiger partial charge in [-0.1, -0.05) is 145 Å². The van der Waals surface area contributed by atoms with E-state index in [4.69, 9.17) is 18.9 Å². The summed E-state index contributed by atoms with van der Waals surface area (Å²) in [6.07, 6.45) is 35.1. The maximum absolute atomic E-state index is 12.7. The summed E-state index contributed by atoms with van der Waals surface area (Å²) >= 11 is 0. The third-order valence-corrected chi connectivity index (χ3v) is 9.48. The van der Waals surface area contributed by atoms with Crippen LogP contribution >= 0.6 is 0 Å². The Hall–Kier alpha value is -2.60. The Morgan fingerprint density at radius 3 is 1.71 bits per heavy atom. The third kappa shape index (κ3) is 27.6. The van der Waals surface area contributed by atoms with Gasteiger partial charge in [-0.25, -0.2) is 0 Å². The lowest BCUT2D eigenvalue weighted by Gasteiger charge is -2.39. The summed E-state index contributed by atoms with van der Waals surface area (Å²) in [5.41, 5.74) is 0. The van der Waals surface area contributed by atoms with E-state index in [2.05, 4.69) is 44.2 Å². The van der Waals surface area contributed by atoms with Crippen molar-refractivity contribution in [2.75, 3.05) is 19.8 Å². The molecule has 1 aliphatic rings. The molecule has 2 unspecified atom stereocenters. The molecule has 55 heavy (non-hydrogen) atoms. The van der Waals surface area contributed by atoms with Crippen molar-refractivity contribution in [3.05, 3.63) is 60.8 Å². The van der Waals surface area contributed by atoms with Crippen molar-refractivity contribution < 1.29 is 49.0 Å². The largest absolute Gasteiger partial charge is 0.462 e. The van der Waals surface area contributed by atoms with Crippen molar-refractivity contribution in [3.63, 3.8) is 0 Å². The van der Waals surface area contributed by atoms with Gasteiger partial charge in [0.2, 0.25) is 0 Å². The van der Waals surface area contributed by atoms with E-state index in [1.165, 1.54) is 57.8 Å². The summed E-state index contributed by atoms with van der Waals surface area (Å²) in [6.45, 7) is 3.22. The number of allylic oxidation sites excluding steroid dienone is 10. The number of aliphatic hydroxyl groups excluding tert-OH is 4. The van der Waals surface area contributed by atoms with Gasteiger partial charge in [0.1, 0.15) is 31.0 Å². The average Bonchev–Trinajstić information content (AvgIpc) is 3.18. The second-order valence-corrected chi connectivity index (χ2v) is 14.5. The Bertz CT molecular complexity index is 1080. The minimum absolute atomic E-state index is 0.197. The number of hydrogen-bond donors (Lipinski definition) is 4. The molecule has 0 aromatic carbocycles. The first kappa shape index (κ1) is 50.4. The molecule has 10 heteroatoms. The van der Waals surface area contributed by atoms with Crippen LogP contribution in [0, 0.1) is 0 Å². The first-order chi connectivity index (χ1) is 26.8. The highest BCUT2D eigenvalue weighted by molar-refractivity contribution is 5.70. The van der Waals surface area contributed by atoms with Gasteiger partial charge in [0.25, 0.3) is 0 Å². The summed E-state index contributed by atoms with van der Waals surface area (Å²) in [7, 11) is 0. The number of carbonyl (C=O) groups is 2. The number of aliphatic hydroxyl groups is 4. The van der Waals surface area contributed by atoms with Gasteiger partial charge in [-0.3, -0.25) is 9.59 Å². The molecule has 1 saturated heterocycles. The molecule has 0 spiro atoms. The Kier molecular flexibility index (Phi) is 32.8. The van der Waals surface area contributed by atoms with Gasteiger partial charge >= 0.3 is 11.9 Å². The van der Waals surface area contributed by atoms with Crippen LogP contribution in [-0.4, -0.2) is 89.0 Å². The molecule has 10 nitrogen and oxygen atoms in total. The quantitative estimate of drug-likeness (QED) is 0.0216. The molecule has 0 aliphatic carbocycles. The molecule has 1 rings (SSSR count). The van der Waals surface area contributed by atoms with Gasteiger partial charge in [-0.2, -0.15) is 0 Å². The molecule has 1 aliphatic heterocycles. The number of carbonyl (C=O) groups excluding carboxylic acids is 2. The Balaban J connectivity index is 2.39. The summed E-state index contributed by atoms with van der Waals surface area (Å²) < 4.78 is 22.1. The molecule has 0 radical (unpaired) electrons. The van der Waals surface area contributed by atoms with Crippen LogP contribution in [-0.2, 0) is 28.5 Å². The third-order valence-electron chi connectivity index (χ3n) is 9.48. The van der Waals surface area contributed by atoms with Crippen molar-refractivity contribution in [3.8, 4) is 0 Å². The molecule has 0 aromatic heterocycles. The normalized spacial score (nSPS) is 21.2. The minimum atomic E-state index is -1.60. The highest BCUT2D eigenvalue weighted by atomic mass is 16.7. The van der Waals surface area contributed by atoms with Gasteiger partial charge in [-0.15, -0.1) is 0 Å². The average molecular weight is 777 g/mol. The minimum Gasteiger partial charge on any atom is -0.462 e. The molecule has 6 atom stereocenters. The Morgan fingerprint density at radius 2 is 1.09 bits per heavy atom. The van der Waals surface area contributed by atoms with E-state index < -0.39 is 55.4 Å². The van der Waals surface area contributed by atoms with Crippen molar-refractivity contribution in [1.82, 2.24) is 0 Å². The second-order valence-electron chi connectivity index (χ2n) is 14.5. The topological polar surface area (TPSA) is 152 Å².